The Hall–Kier alpha value is -1.73. The summed E-state index contributed by atoms with van der Waals surface area (Å²) in [5, 5.41) is 0.791. The predicted molar refractivity (Wildman–Crippen MR) is 75.0 cm³/mol. The molecular formula is C16H13ClO. The molecule has 0 N–H and O–H groups in total. The zero-order valence-electron chi connectivity index (χ0n) is 10.1. The fraction of sp³-hybridized carbons (Fsp3) is 0.125. The minimum atomic E-state index is -0.0316. The number of ether oxygens (including phenoxy) is 1. The van der Waals surface area contributed by atoms with Crippen molar-refractivity contribution in [3.8, 4) is 5.75 Å². The van der Waals surface area contributed by atoms with Crippen molar-refractivity contribution in [3.05, 3.63) is 70.3 Å². The summed E-state index contributed by atoms with van der Waals surface area (Å²) in [6.45, 7) is 2.01. The highest BCUT2D eigenvalue weighted by Gasteiger charge is 2.16. The molecule has 1 nitrogen and oxygen atoms in total. The number of hydrogen-bond donors (Lipinski definition) is 0. The van der Waals surface area contributed by atoms with Gasteiger partial charge in [0.25, 0.3) is 0 Å². The lowest BCUT2D eigenvalue weighted by atomic mass is 10.0. The number of para-hydroxylation sites is 1. The molecule has 2 aromatic carbocycles. The van der Waals surface area contributed by atoms with Gasteiger partial charge in [0.05, 0.1) is 0 Å². The molecule has 0 bridgehead atoms. The lowest BCUT2D eigenvalue weighted by Crippen LogP contribution is -2.08. The van der Waals surface area contributed by atoms with Gasteiger partial charge in [0.2, 0.25) is 0 Å². The number of aryl methyl sites for hydroxylation is 1. The lowest BCUT2D eigenvalue weighted by molar-refractivity contribution is 0.251. The first kappa shape index (κ1) is 11.4. The van der Waals surface area contributed by atoms with Gasteiger partial charge in [0.15, 0.2) is 0 Å². The van der Waals surface area contributed by atoms with Crippen molar-refractivity contribution in [2.75, 3.05) is 0 Å². The van der Waals surface area contributed by atoms with Crippen molar-refractivity contribution in [2.24, 2.45) is 0 Å². The summed E-state index contributed by atoms with van der Waals surface area (Å²) in [5.41, 5.74) is 3.33. The molecule has 1 heterocycles. The molecule has 1 unspecified atom stereocenters. The van der Waals surface area contributed by atoms with Gasteiger partial charge in [0.1, 0.15) is 11.9 Å². The normalized spacial score (nSPS) is 17.1. The molecule has 3 rings (SSSR count). The van der Waals surface area contributed by atoms with E-state index in [-0.39, 0.29) is 6.10 Å². The Kier molecular flexibility index (Phi) is 2.85. The van der Waals surface area contributed by atoms with Crippen LogP contribution in [0, 0.1) is 6.92 Å². The van der Waals surface area contributed by atoms with Gasteiger partial charge in [-0.15, -0.1) is 0 Å². The van der Waals surface area contributed by atoms with Crippen LogP contribution in [0.25, 0.3) is 6.08 Å². The second kappa shape index (κ2) is 4.51. The highest BCUT2D eigenvalue weighted by Crippen LogP contribution is 2.33. The van der Waals surface area contributed by atoms with Gasteiger partial charge in [-0.2, -0.15) is 0 Å². The van der Waals surface area contributed by atoms with Gasteiger partial charge in [-0.05, 0) is 36.3 Å². The van der Waals surface area contributed by atoms with Gasteiger partial charge < -0.3 is 4.74 Å². The van der Waals surface area contributed by atoms with Crippen molar-refractivity contribution < 1.29 is 4.74 Å². The summed E-state index contributed by atoms with van der Waals surface area (Å²) in [7, 11) is 0. The maximum atomic E-state index is 6.04. The monoisotopic (exact) mass is 256 g/mol. The van der Waals surface area contributed by atoms with Gasteiger partial charge in [-0.1, -0.05) is 48.0 Å². The van der Waals surface area contributed by atoms with Crippen LogP contribution in [0.4, 0.5) is 0 Å². The Morgan fingerprint density at radius 3 is 2.78 bits per heavy atom. The second-order valence-corrected chi connectivity index (χ2v) is 4.85. The minimum absolute atomic E-state index is 0.0316. The quantitative estimate of drug-likeness (QED) is 0.712. The Labute approximate surface area is 112 Å². The topological polar surface area (TPSA) is 9.23 Å². The highest BCUT2D eigenvalue weighted by molar-refractivity contribution is 6.31. The number of benzene rings is 2. The fourth-order valence-corrected chi connectivity index (χ4v) is 2.23. The largest absolute Gasteiger partial charge is 0.481 e. The zero-order chi connectivity index (χ0) is 12.5. The molecule has 0 saturated heterocycles. The molecule has 0 spiro atoms. The van der Waals surface area contributed by atoms with Crippen LogP contribution in [-0.2, 0) is 0 Å². The van der Waals surface area contributed by atoms with E-state index in [0.717, 1.165) is 27.5 Å². The molecule has 0 aliphatic carbocycles. The first-order valence-corrected chi connectivity index (χ1v) is 6.32. The molecule has 0 aromatic heterocycles. The van der Waals surface area contributed by atoms with Gasteiger partial charge in [0, 0.05) is 10.6 Å². The number of rotatable bonds is 1. The first-order valence-electron chi connectivity index (χ1n) is 5.94. The number of halogens is 1. The van der Waals surface area contributed by atoms with E-state index in [1.807, 2.05) is 37.3 Å². The van der Waals surface area contributed by atoms with Crippen LogP contribution in [0.5, 0.6) is 5.75 Å². The molecule has 2 aromatic rings. The Morgan fingerprint density at radius 1 is 1.11 bits per heavy atom. The highest BCUT2D eigenvalue weighted by atomic mass is 35.5. The van der Waals surface area contributed by atoms with Crippen molar-refractivity contribution in [1.29, 1.82) is 0 Å². The van der Waals surface area contributed by atoms with E-state index in [4.69, 9.17) is 16.3 Å². The Bertz CT molecular complexity index is 616. The average Bonchev–Trinajstić information content (AvgIpc) is 2.41. The summed E-state index contributed by atoms with van der Waals surface area (Å²) in [4.78, 5) is 0. The van der Waals surface area contributed by atoms with Crippen molar-refractivity contribution in [2.45, 2.75) is 13.0 Å². The molecule has 0 saturated carbocycles. The van der Waals surface area contributed by atoms with E-state index in [0.29, 0.717) is 0 Å². The minimum Gasteiger partial charge on any atom is -0.481 e. The molecule has 18 heavy (non-hydrogen) atoms. The molecule has 1 aliphatic heterocycles. The molecule has 2 heteroatoms. The van der Waals surface area contributed by atoms with Crippen LogP contribution >= 0.6 is 11.6 Å². The maximum absolute atomic E-state index is 6.04. The Morgan fingerprint density at radius 2 is 1.94 bits per heavy atom. The fourth-order valence-electron chi connectivity index (χ4n) is 2.12. The van der Waals surface area contributed by atoms with Crippen molar-refractivity contribution in [3.63, 3.8) is 0 Å². The van der Waals surface area contributed by atoms with E-state index in [1.165, 1.54) is 0 Å². The van der Waals surface area contributed by atoms with Crippen molar-refractivity contribution >= 4 is 17.7 Å². The standard InChI is InChI=1S/C16H13ClO/c1-11-10-13(6-8-14(11)17)16-9-7-12-4-2-3-5-15(12)18-16/h2-10,16H,1H3. The second-order valence-electron chi connectivity index (χ2n) is 4.44. The molecule has 0 amide bonds. The van der Waals surface area contributed by atoms with E-state index in [9.17, 15) is 0 Å². The van der Waals surface area contributed by atoms with Crippen LogP contribution in [0.15, 0.2) is 48.5 Å². The maximum Gasteiger partial charge on any atom is 0.142 e. The molecule has 0 fully saturated rings. The smallest absolute Gasteiger partial charge is 0.142 e. The van der Waals surface area contributed by atoms with E-state index in [1.54, 1.807) is 0 Å². The van der Waals surface area contributed by atoms with Crippen LogP contribution in [0.2, 0.25) is 5.02 Å². The van der Waals surface area contributed by atoms with Crippen LogP contribution in [0.1, 0.15) is 22.8 Å². The predicted octanol–water partition coefficient (Wildman–Crippen LogP) is 4.80. The van der Waals surface area contributed by atoms with E-state index in [2.05, 4.69) is 24.3 Å². The van der Waals surface area contributed by atoms with Crippen molar-refractivity contribution in [1.82, 2.24) is 0 Å². The summed E-state index contributed by atoms with van der Waals surface area (Å²) in [5.74, 6) is 0.928. The molecule has 1 atom stereocenters. The van der Waals surface area contributed by atoms with Gasteiger partial charge in [-0.25, -0.2) is 0 Å². The summed E-state index contributed by atoms with van der Waals surface area (Å²) in [6.07, 6.45) is 4.15. The first-order chi connectivity index (χ1) is 8.74. The molecule has 0 radical (unpaired) electrons. The molecule has 90 valence electrons. The Balaban J connectivity index is 1.94. The number of fused-ring (bicyclic) bond motifs is 1. The van der Waals surface area contributed by atoms with Crippen LogP contribution < -0.4 is 4.74 Å². The molecular weight excluding hydrogens is 244 g/mol. The number of hydrogen-bond acceptors (Lipinski definition) is 1. The van der Waals surface area contributed by atoms with Gasteiger partial charge >= 0.3 is 0 Å². The SMILES string of the molecule is Cc1cc(C2C=Cc3ccccc3O2)ccc1Cl. The van der Waals surface area contributed by atoms with Crippen LogP contribution in [-0.4, -0.2) is 0 Å². The third-order valence-corrected chi connectivity index (χ3v) is 3.56. The summed E-state index contributed by atoms with van der Waals surface area (Å²) in [6, 6.07) is 14.1. The third kappa shape index (κ3) is 2.02. The summed E-state index contributed by atoms with van der Waals surface area (Å²) >= 11 is 6.04. The lowest BCUT2D eigenvalue weighted by Gasteiger charge is -2.22. The van der Waals surface area contributed by atoms with Crippen LogP contribution in [0.3, 0.4) is 0 Å². The summed E-state index contributed by atoms with van der Waals surface area (Å²) < 4.78 is 5.98. The molecule has 1 aliphatic rings. The van der Waals surface area contributed by atoms with E-state index >= 15 is 0 Å². The van der Waals surface area contributed by atoms with E-state index < -0.39 is 0 Å². The third-order valence-electron chi connectivity index (χ3n) is 3.13. The zero-order valence-corrected chi connectivity index (χ0v) is 10.8. The van der Waals surface area contributed by atoms with Gasteiger partial charge in [-0.3, -0.25) is 0 Å². The average molecular weight is 257 g/mol.